The van der Waals surface area contributed by atoms with Crippen LogP contribution in [-0.4, -0.2) is 61.5 Å². The van der Waals surface area contributed by atoms with Gasteiger partial charge in [-0.3, -0.25) is 9.59 Å². The number of aliphatic hydroxyl groups is 1. The smallest absolute Gasteiger partial charge is 0.280 e. The first kappa shape index (κ1) is 29.3. The van der Waals surface area contributed by atoms with Crippen molar-refractivity contribution in [3.63, 3.8) is 0 Å². The molecule has 2 aliphatic heterocycles. The summed E-state index contributed by atoms with van der Waals surface area (Å²) in [4.78, 5) is 28.8. The van der Waals surface area contributed by atoms with Crippen molar-refractivity contribution in [3.8, 4) is 0 Å². The summed E-state index contributed by atoms with van der Waals surface area (Å²) in [5.74, 6) is -0.125. The third kappa shape index (κ3) is 6.38. The van der Waals surface area contributed by atoms with Crippen LogP contribution in [0.1, 0.15) is 60.5 Å². The van der Waals surface area contributed by atoms with Crippen molar-refractivity contribution in [2.75, 3.05) is 38.1 Å². The van der Waals surface area contributed by atoms with Crippen LogP contribution in [0.25, 0.3) is 0 Å². The molecule has 2 aliphatic rings. The van der Waals surface area contributed by atoms with E-state index in [4.69, 9.17) is 11.6 Å². The zero-order chi connectivity index (χ0) is 28.2. The van der Waals surface area contributed by atoms with Gasteiger partial charge in [0.25, 0.3) is 18.2 Å². The molecule has 2 amide bonds. The first-order valence-electron chi connectivity index (χ1n) is 13.8. The summed E-state index contributed by atoms with van der Waals surface area (Å²) in [7, 11) is 1.58. The number of amides is 2. The van der Waals surface area contributed by atoms with E-state index in [1.54, 1.807) is 25.2 Å². The predicted molar refractivity (Wildman–Crippen MR) is 149 cm³/mol. The molecule has 6 nitrogen and oxygen atoms in total. The zero-order valence-electron chi connectivity index (χ0n) is 22.6. The summed E-state index contributed by atoms with van der Waals surface area (Å²) < 4.78 is 28.2. The Kier molecular flexibility index (Phi) is 9.49. The van der Waals surface area contributed by atoms with Crippen molar-refractivity contribution in [2.24, 2.45) is 11.8 Å². The maximum absolute atomic E-state index is 14.1. The molecule has 9 heteroatoms. The number of nitrogens with one attached hydrogen (secondary N) is 1. The van der Waals surface area contributed by atoms with Crippen molar-refractivity contribution in [3.05, 3.63) is 64.2 Å². The lowest BCUT2D eigenvalue weighted by molar-refractivity contribution is -0.173. The third-order valence-corrected chi connectivity index (χ3v) is 8.70. The molecule has 0 saturated carbocycles. The standard InChI is InChI=1S/C30H38ClF2N3O3/c1-3-20-5-4-6-23(18-20)30(39,28(32)33)29(38)36-15-11-22(12-16-36)17-21-9-13-35(14-10-21)24-7-8-25(26(31)19-24)27(37)34-2/h4-8,18-19,21-22,28,39H,3,9-17H2,1-2H3,(H,34,37)/t30-/m0/s1. The highest BCUT2D eigenvalue weighted by Gasteiger charge is 2.50. The Morgan fingerprint density at radius 1 is 1.05 bits per heavy atom. The second kappa shape index (κ2) is 12.6. The van der Waals surface area contributed by atoms with Crippen molar-refractivity contribution in [2.45, 2.75) is 57.5 Å². The van der Waals surface area contributed by atoms with Gasteiger partial charge in [-0.05, 0) is 79.7 Å². The predicted octanol–water partition coefficient (Wildman–Crippen LogP) is 5.26. The molecule has 0 unspecified atom stereocenters. The number of anilines is 1. The summed E-state index contributed by atoms with van der Waals surface area (Å²) in [6, 6.07) is 11.9. The Balaban J connectivity index is 1.29. The number of rotatable bonds is 8. The van der Waals surface area contributed by atoms with Crippen molar-refractivity contribution >= 4 is 29.1 Å². The van der Waals surface area contributed by atoms with Gasteiger partial charge in [-0.15, -0.1) is 0 Å². The normalized spacial score (nSPS) is 18.7. The fourth-order valence-corrected chi connectivity index (χ4v) is 6.16. The number of carbonyl (C=O) groups excluding carboxylic acids is 2. The summed E-state index contributed by atoms with van der Waals surface area (Å²) in [6.07, 6.45) is 2.02. The van der Waals surface area contributed by atoms with E-state index in [-0.39, 0.29) is 11.5 Å². The van der Waals surface area contributed by atoms with Crippen molar-refractivity contribution in [1.29, 1.82) is 0 Å². The first-order valence-corrected chi connectivity index (χ1v) is 14.2. The molecule has 0 radical (unpaired) electrons. The number of aryl methyl sites for hydroxylation is 1. The van der Waals surface area contributed by atoms with Crippen LogP contribution in [0.15, 0.2) is 42.5 Å². The van der Waals surface area contributed by atoms with Crippen LogP contribution in [0.3, 0.4) is 0 Å². The second-order valence-electron chi connectivity index (χ2n) is 10.8. The van der Waals surface area contributed by atoms with Crippen molar-refractivity contribution < 1.29 is 23.5 Å². The number of hydrogen-bond donors (Lipinski definition) is 2. The Morgan fingerprint density at radius 2 is 1.69 bits per heavy atom. The molecule has 1 atom stereocenters. The molecular weight excluding hydrogens is 524 g/mol. The molecular formula is C30H38ClF2N3O3. The van der Waals surface area contributed by atoms with Gasteiger partial charge in [-0.1, -0.05) is 42.8 Å². The number of halogens is 3. The molecule has 212 valence electrons. The fourth-order valence-electron chi connectivity index (χ4n) is 5.90. The number of alkyl halides is 2. The van der Waals surface area contributed by atoms with E-state index in [1.165, 1.54) is 17.0 Å². The van der Waals surface area contributed by atoms with Gasteiger partial charge >= 0.3 is 0 Å². The van der Waals surface area contributed by atoms with Crippen LogP contribution in [0.4, 0.5) is 14.5 Å². The molecule has 2 N–H and O–H groups in total. The molecule has 2 aromatic carbocycles. The quantitative estimate of drug-likeness (QED) is 0.461. The molecule has 0 spiro atoms. The molecule has 0 bridgehead atoms. The SMILES string of the molecule is CCc1cccc([C@@](O)(C(=O)N2CCC(CC3CCN(c4ccc(C(=O)NC)c(Cl)c4)CC3)CC2)C(F)F)c1. The average Bonchev–Trinajstić information content (AvgIpc) is 2.96. The van der Waals surface area contributed by atoms with Crippen LogP contribution in [0.2, 0.25) is 5.02 Å². The fraction of sp³-hybridized carbons (Fsp3) is 0.533. The number of piperidine rings is 2. The Hall–Kier alpha value is -2.71. The molecule has 4 rings (SSSR count). The molecule has 2 saturated heterocycles. The van der Waals surface area contributed by atoms with Crippen LogP contribution < -0.4 is 10.2 Å². The summed E-state index contributed by atoms with van der Waals surface area (Å²) >= 11 is 6.33. The first-order chi connectivity index (χ1) is 18.7. The number of hydrogen-bond acceptors (Lipinski definition) is 4. The number of carbonyl (C=O) groups is 2. The average molecular weight is 562 g/mol. The van der Waals surface area contributed by atoms with Gasteiger partial charge in [0.15, 0.2) is 0 Å². The largest absolute Gasteiger partial charge is 0.371 e. The minimum Gasteiger partial charge on any atom is -0.371 e. The Labute approximate surface area is 234 Å². The summed E-state index contributed by atoms with van der Waals surface area (Å²) in [5.41, 5.74) is -0.599. The molecule has 0 aromatic heterocycles. The van der Waals surface area contributed by atoms with Gasteiger partial charge in [-0.2, -0.15) is 0 Å². The maximum Gasteiger partial charge on any atom is 0.280 e. The monoisotopic (exact) mass is 561 g/mol. The molecule has 2 fully saturated rings. The van der Waals surface area contributed by atoms with Gasteiger partial charge in [-0.25, -0.2) is 8.78 Å². The highest BCUT2D eigenvalue weighted by Crippen LogP contribution is 2.36. The van der Waals surface area contributed by atoms with Crippen molar-refractivity contribution in [1.82, 2.24) is 10.2 Å². The lowest BCUT2D eigenvalue weighted by atomic mass is 9.82. The van der Waals surface area contributed by atoms with E-state index in [0.29, 0.717) is 41.9 Å². The van der Waals surface area contributed by atoms with Crippen LogP contribution >= 0.6 is 11.6 Å². The summed E-state index contributed by atoms with van der Waals surface area (Å²) in [6.45, 7) is 4.45. The molecule has 0 aliphatic carbocycles. The molecule has 2 aromatic rings. The Morgan fingerprint density at radius 3 is 2.26 bits per heavy atom. The lowest BCUT2D eigenvalue weighted by Gasteiger charge is -2.39. The number of likely N-dealkylation sites (tertiary alicyclic amines) is 1. The second-order valence-corrected chi connectivity index (χ2v) is 11.2. The van der Waals surface area contributed by atoms with E-state index < -0.39 is 17.9 Å². The van der Waals surface area contributed by atoms with Crippen LogP contribution in [-0.2, 0) is 16.8 Å². The zero-order valence-corrected chi connectivity index (χ0v) is 23.4. The van der Waals surface area contributed by atoms with Gasteiger partial charge < -0.3 is 20.2 Å². The van der Waals surface area contributed by atoms with Gasteiger partial charge in [0.2, 0.25) is 5.60 Å². The lowest BCUT2D eigenvalue weighted by Crippen LogP contribution is -2.53. The van der Waals surface area contributed by atoms with E-state index in [1.807, 2.05) is 19.1 Å². The van der Waals surface area contributed by atoms with E-state index in [9.17, 15) is 23.5 Å². The molecule has 39 heavy (non-hydrogen) atoms. The Bertz CT molecular complexity index is 1160. The van der Waals surface area contributed by atoms with Crippen LogP contribution in [0, 0.1) is 11.8 Å². The third-order valence-electron chi connectivity index (χ3n) is 8.39. The highest BCUT2D eigenvalue weighted by molar-refractivity contribution is 6.34. The molecule has 2 heterocycles. The van der Waals surface area contributed by atoms with Crippen LogP contribution in [0.5, 0.6) is 0 Å². The van der Waals surface area contributed by atoms with Gasteiger partial charge in [0, 0.05) is 38.9 Å². The van der Waals surface area contributed by atoms with Gasteiger partial charge in [0.05, 0.1) is 10.6 Å². The van der Waals surface area contributed by atoms with E-state index in [2.05, 4.69) is 10.2 Å². The minimum absolute atomic E-state index is 0.0414. The maximum atomic E-state index is 14.1. The topological polar surface area (TPSA) is 72.9 Å². The summed E-state index contributed by atoms with van der Waals surface area (Å²) in [5, 5.41) is 14.0. The van der Waals surface area contributed by atoms with E-state index >= 15 is 0 Å². The van der Waals surface area contributed by atoms with E-state index in [0.717, 1.165) is 56.4 Å². The highest BCUT2D eigenvalue weighted by atomic mass is 35.5. The number of nitrogens with zero attached hydrogens (tertiary/aromatic N) is 2. The minimum atomic E-state index is -3.21. The van der Waals surface area contributed by atoms with Gasteiger partial charge in [0.1, 0.15) is 0 Å². The number of benzene rings is 2.